The van der Waals surface area contributed by atoms with Crippen LogP contribution < -0.4 is 5.32 Å². The molecule has 0 bridgehead atoms. The monoisotopic (exact) mass is 328 g/mol. The zero-order valence-corrected chi connectivity index (χ0v) is 12.0. The fourth-order valence-corrected chi connectivity index (χ4v) is 2.49. The van der Waals surface area contributed by atoms with Crippen molar-refractivity contribution in [3.05, 3.63) is 34.1 Å². The van der Waals surface area contributed by atoms with Crippen molar-refractivity contribution in [2.24, 2.45) is 0 Å². The highest BCUT2D eigenvalue weighted by Gasteiger charge is 2.24. The lowest BCUT2D eigenvalue weighted by atomic mass is 10.1. The highest BCUT2D eigenvalue weighted by Crippen LogP contribution is 2.18. The summed E-state index contributed by atoms with van der Waals surface area (Å²) in [5.74, 6) is -0.708. The minimum absolute atomic E-state index is 0.0810. The van der Waals surface area contributed by atoms with Gasteiger partial charge in [0.05, 0.1) is 5.56 Å². The molecule has 1 saturated heterocycles. The van der Waals surface area contributed by atoms with Crippen LogP contribution in [0, 0.1) is 5.82 Å². The molecule has 2 amide bonds. The number of amides is 2. The molecule has 0 aliphatic carbocycles. The highest BCUT2D eigenvalue weighted by atomic mass is 79.9. The van der Waals surface area contributed by atoms with Gasteiger partial charge in [-0.1, -0.05) is 0 Å². The van der Waals surface area contributed by atoms with Crippen molar-refractivity contribution in [3.63, 3.8) is 0 Å². The standard InChI is InChI=1S/C13H14BrFN2O2/c1-17-7-9(3-5-12(17)18)16-13(19)10-6-8(15)2-4-11(10)14/h2,4,6,9H,3,5,7H2,1H3,(H,16,19). The van der Waals surface area contributed by atoms with Gasteiger partial charge in [0.25, 0.3) is 5.91 Å². The molecule has 0 aromatic heterocycles. The third-order valence-corrected chi connectivity index (χ3v) is 3.83. The van der Waals surface area contributed by atoms with Gasteiger partial charge < -0.3 is 10.2 Å². The van der Waals surface area contributed by atoms with Crippen LogP contribution in [0.4, 0.5) is 4.39 Å². The fourth-order valence-electron chi connectivity index (χ4n) is 2.06. The molecule has 6 heteroatoms. The molecular weight excluding hydrogens is 315 g/mol. The van der Waals surface area contributed by atoms with Crippen molar-refractivity contribution >= 4 is 27.7 Å². The Hall–Kier alpha value is -1.43. The van der Waals surface area contributed by atoms with E-state index < -0.39 is 5.82 Å². The molecule has 1 unspecified atom stereocenters. The molecule has 1 aliphatic heterocycles. The van der Waals surface area contributed by atoms with E-state index in [0.717, 1.165) is 0 Å². The van der Waals surface area contributed by atoms with Crippen molar-refractivity contribution in [1.29, 1.82) is 0 Å². The second kappa shape index (κ2) is 5.69. The number of benzene rings is 1. The lowest BCUT2D eigenvalue weighted by Gasteiger charge is -2.30. The maximum atomic E-state index is 13.1. The third-order valence-electron chi connectivity index (χ3n) is 3.13. The number of rotatable bonds is 2. The molecule has 1 fully saturated rings. The van der Waals surface area contributed by atoms with E-state index in [1.165, 1.54) is 18.2 Å². The minimum Gasteiger partial charge on any atom is -0.347 e. The maximum Gasteiger partial charge on any atom is 0.252 e. The molecule has 1 heterocycles. The Kier molecular flexibility index (Phi) is 4.19. The quantitative estimate of drug-likeness (QED) is 0.901. The number of nitrogens with one attached hydrogen (secondary N) is 1. The summed E-state index contributed by atoms with van der Waals surface area (Å²) in [7, 11) is 1.71. The van der Waals surface area contributed by atoms with Crippen LogP contribution in [0.3, 0.4) is 0 Å². The number of nitrogens with zero attached hydrogens (tertiary/aromatic N) is 1. The summed E-state index contributed by atoms with van der Waals surface area (Å²) in [6, 6.07) is 3.89. The van der Waals surface area contributed by atoms with E-state index in [-0.39, 0.29) is 23.4 Å². The first-order chi connectivity index (χ1) is 8.97. The van der Waals surface area contributed by atoms with Crippen molar-refractivity contribution in [1.82, 2.24) is 10.2 Å². The first kappa shape index (κ1) is 14.0. The third kappa shape index (κ3) is 3.32. The molecule has 0 radical (unpaired) electrons. The van der Waals surface area contributed by atoms with Crippen LogP contribution in [-0.4, -0.2) is 36.3 Å². The molecule has 1 N–H and O–H groups in total. The van der Waals surface area contributed by atoms with Gasteiger partial charge in [-0.2, -0.15) is 0 Å². The molecule has 4 nitrogen and oxygen atoms in total. The smallest absolute Gasteiger partial charge is 0.252 e. The summed E-state index contributed by atoms with van der Waals surface area (Å²) >= 11 is 3.23. The largest absolute Gasteiger partial charge is 0.347 e. The van der Waals surface area contributed by atoms with Crippen molar-refractivity contribution in [2.75, 3.05) is 13.6 Å². The highest BCUT2D eigenvalue weighted by molar-refractivity contribution is 9.10. The summed E-state index contributed by atoms with van der Waals surface area (Å²) < 4.78 is 13.7. The number of halogens is 2. The Morgan fingerprint density at radius 1 is 1.53 bits per heavy atom. The molecular formula is C13H14BrFN2O2. The number of carbonyl (C=O) groups is 2. The van der Waals surface area contributed by atoms with Gasteiger partial charge in [-0.25, -0.2) is 4.39 Å². The minimum atomic E-state index is -0.454. The lowest BCUT2D eigenvalue weighted by Crippen LogP contribution is -2.48. The SMILES string of the molecule is CN1CC(NC(=O)c2cc(F)ccc2Br)CCC1=O. The normalized spacial score (nSPS) is 19.4. The first-order valence-corrected chi connectivity index (χ1v) is 6.76. The summed E-state index contributed by atoms with van der Waals surface area (Å²) in [6.07, 6.45) is 1.04. The second-order valence-corrected chi connectivity index (χ2v) is 5.46. The van der Waals surface area contributed by atoms with Gasteiger partial charge in [-0.15, -0.1) is 0 Å². The van der Waals surface area contributed by atoms with Crippen LogP contribution in [0.1, 0.15) is 23.2 Å². The molecule has 0 spiro atoms. The Morgan fingerprint density at radius 3 is 2.95 bits per heavy atom. The van der Waals surface area contributed by atoms with Gasteiger partial charge in [0.1, 0.15) is 5.82 Å². The number of likely N-dealkylation sites (N-methyl/N-ethyl adjacent to an activating group) is 1. The number of hydrogen-bond donors (Lipinski definition) is 1. The van der Waals surface area contributed by atoms with E-state index >= 15 is 0 Å². The Balaban J connectivity index is 2.05. The van der Waals surface area contributed by atoms with Crippen LogP contribution in [-0.2, 0) is 4.79 Å². The molecule has 1 aliphatic rings. The van der Waals surface area contributed by atoms with Crippen LogP contribution in [0.5, 0.6) is 0 Å². The summed E-state index contributed by atoms with van der Waals surface area (Å²) in [5.41, 5.74) is 0.263. The van der Waals surface area contributed by atoms with Gasteiger partial charge in [0.2, 0.25) is 5.91 Å². The average molecular weight is 329 g/mol. The molecule has 0 saturated carbocycles. The van der Waals surface area contributed by atoms with Gasteiger partial charge in [0, 0.05) is 30.5 Å². The van der Waals surface area contributed by atoms with Crippen molar-refractivity contribution in [3.8, 4) is 0 Å². The fraction of sp³-hybridized carbons (Fsp3) is 0.385. The van der Waals surface area contributed by atoms with Crippen LogP contribution >= 0.6 is 15.9 Å². The van der Waals surface area contributed by atoms with Gasteiger partial charge in [-0.3, -0.25) is 9.59 Å². The predicted molar refractivity (Wildman–Crippen MR) is 72.2 cm³/mol. The number of hydrogen-bond acceptors (Lipinski definition) is 2. The van der Waals surface area contributed by atoms with Gasteiger partial charge in [0.15, 0.2) is 0 Å². The maximum absolute atomic E-state index is 13.1. The molecule has 2 rings (SSSR count). The van der Waals surface area contributed by atoms with Crippen LogP contribution in [0.15, 0.2) is 22.7 Å². The lowest BCUT2D eigenvalue weighted by molar-refractivity contribution is -0.132. The van der Waals surface area contributed by atoms with Gasteiger partial charge in [-0.05, 0) is 40.5 Å². The molecule has 102 valence electrons. The van der Waals surface area contributed by atoms with Crippen molar-refractivity contribution in [2.45, 2.75) is 18.9 Å². The number of carbonyl (C=O) groups excluding carboxylic acids is 2. The molecule has 1 aromatic carbocycles. The van der Waals surface area contributed by atoms with E-state index in [4.69, 9.17) is 0 Å². The molecule has 1 atom stereocenters. The Bertz CT molecular complexity index is 521. The predicted octanol–water partition coefficient (Wildman–Crippen LogP) is 1.94. The zero-order chi connectivity index (χ0) is 14.0. The van der Waals surface area contributed by atoms with Crippen LogP contribution in [0.2, 0.25) is 0 Å². The molecule has 19 heavy (non-hydrogen) atoms. The average Bonchev–Trinajstić information content (AvgIpc) is 2.36. The van der Waals surface area contributed by atoms with Crippen molar-refractivity contribution < 1.29 is 14.0 Å². The van der Waals surface area contributed by atoms with Crippen LogP contribution in [0.25, 0.3) is 0 Å². The van der Waals surface area contributed by atoms with E-state index in [1.807, 2.05) is 0 Å². The van der Waals surface area contributed by atoms with E-state index in [9.17, 15) is 14.0 Å². The Morgan fingerprint density at radius 2 is 2.26 bits per heavy atom. The second-order valence-electron chi connectivity index (χ2n) is 4.61. The topological polar surface area (TPSA) is 49.4 Å². The Labute approximate surface area is 119 Å². The number of likely N-dealkylation sites (tertiary alicyclic amines) is 1. The van der Waals surface area contributed by atoms with Gasteiger partial charge >= 0.3 is 0 Å². The zero-order valence-electron chi connectivity index (χ0n) is 10.5. The van der Waals surface area contributed by atoms with E-state index in [2.05, 4.69) is 21.2 Å². The van der Waals surface area contributed by atoms with E-state index in [1.54, 1.807) is 11.9 Å². The summed E-state index contributed by atoms with van der Waals surface area (Å²) in [5, 5.41) is 2.82. The first-order valence-electron chi connectivity index (χ1n) is 5.97. The molecule has 1 aromatic rings. The number of piperidine rings is 1. The van der Waals surface area contributed by atoms with E-state index in [0.29, 0.717) is 23.9 Å². The summed E-state index contributed by atoms with van der Waals surface area (Å²) in [4.78, 5) is 25.0. The summed E-state index contributed by atoms with van der Waals surface area (Å²) in [6.45, 7) is 0.484.